The number of nitrogens with one attached hydrogen (secondary N) is 1. The zero-order valence-electron chi connectivity index (χ0n) is 16.1. The molecule has 0 bridgehead atoms. The summed E-state index contributed by atoms with van der Waals surface area (Å²) in [5.74, 6) is 0.913. The average Bonchev–Trinajstić information content (AvgIpc) is 3.07. The molecule has 1 saturated carbocycles. The molecule has 2 aromatic rings. The predicted molar refractivity (Wildman–Crippen MR) is 103 cm³/mol. The van der Waals surface area contributed by atoms with Gasteiger partial charge in [0, 0.05) is 38.5 Å². The van der Waals surface area contributed by atoms with Crippen molar-refractivity contribution in [3.05, 3.63) is 24.2 Å². The summed E-state index contributed by atoms with van der Waals surface area (Å²) >= 11 is 0. The van der Waals surface area contributed by atoms with Crippen LogP contribution in [0.25, 0.3) is 11.2 Å². The van der Waals surface area contributed by atoms with Crippen molar-refractivity contribution in [3.63, 3.8) is 0 Å². The largest absolute Gasteiger partial charge is 0.377 e. The van der Waals surface area contributed by atoms with Crippen molar-refractivity contribution >= 4 is 17.2 Å². The number of imidazole rings is 1. The Morgan fingerprint density at radius 3 is 2.74 bits per heavy atom. The zero-order chi connectivity index (χ0) is 18.6. The van der Waals surface area contributed by atoms with E-state index in [1.165, 1.54) is 19.3 Å². The minimum Gasteiger partial charge on any atom is -0.377 e. The van der Waals surface area contributed by atoms with E-state index in [9.17, 15) is 4.79 Å². The van der Waals surface area contributed by atoms with Gasteiger partial charge in [0.2, 0.25) is 0 Å². The molecule has 0 aromatic carbocycles. The molecule has 2 amide bonds. The van der Waals surface area contributed by atoms with Gasteiger partial charge in [-0.2, -0.15) is 0 Å². The third-order valence-corrected chi connectivity index (χ3v) is 5.84. The third kappa shape index (κ3) is 3.93. The normalized spacial score (nSPS) is 19.5. The predicted octanol–water partition coefficient (Wildman–Crippen LogP) is 3.26. The number of pyridine rings is 1. The number of carbonyl (C=O) groups is 1. The fourth-order valence-electron chi connectivity index (χ4n) is 4.43. The van der Waals surface area contributed by atoms with Crippen LogP contribution in [0.1, 0.15) is 56.8 Å². The van der Waals surface area contributed by atoms with Crippen LogP contribution in [0.3, 0.4) is 0 Å². The number of hydrogen-bond donors (Lipinski definition) is 1. The first kappa shape index (κ1) is 18.2. The number of piperidine rings is 1. The van der Waals surface area contributed by atoms with Crippen molar-refractivity contribution in [1.82, 2.24) is 24.8 Å². The van der Waals surface area contributed by atoms with Crippen molar-refractivity contribution < 1.29 is 9.53 Å². The van der Waals surface area contributed by atoms with Gasteiger partial charge in [0.15, 0.2) is 5.65 Å². The van der Waals surface area contributed by atoms with Crippen LogP contribution in [-0.4, -0.2) is 51.7 Å². The van der Waals surface area contributed by atoms with E-state index < -0.39 is 0 Å². The monoisotopic (exact) mass is 371 g/mol. The molecule has 0 radical (unpaired) electrons. The Balaban J connectivity index is 1.42. The van der Waals surface area contributed by atoms with Crippen molar-refractivity contribution in [3.8, 4) is 0 Å². The fraction of sp³-hybridized carbons (Fsp3) is 0.650. The maximum absolute atomic E-state index is 12.6. The number of urea groups is 1. The highest BCUT2D eigenvalue weighted by atomic mass is 16.5. The Morgan fingerprint density at radius 2 is 2.00 bits per heavy atom. The van der Waals surface area contributed by atoms with Gasteiger partial charge in [-0.15, -0.1) is 0 Å². The molecule has 1 aliphatic heterocycles. The van der Waals surface area contributed by atoms with Crippen LogP contribution in [-0.2, 0) is 11.3 Å². The summed E-state index contributed by atoms with van der Waals surface area (Å²) in [4.78, 5) is 23.8. The van der Waals surface area contributed by atoms with Crippen molar-refractivity contribution in [2.75, 3.05) is 20.2 Å². The Bertz CT molecular complexity index is 776. The zero-order valence-corrected chi connectivity index (χ0v) is 16.1. The SMILES string of the molecule is COCc1nc2cccnc2n1C1CCN(C(=O)NC2CCCCC2)CC1. The van der Waals surface area contributed by atoms with Gasteiger partial charge in [-0.25, -0.2) is 14.8 Å². The molecular weight excluding hydrogens is 342 g/mol. The van der Waals surface area contributed by atoms with Gasteiger partial charge in [-0.3, -0.25) is 0 Å². The lowest BCUT2D eigenvalue weighted by Gasteiger charge is -2.35. The maximum Gasteiger partial charge on any atom is 0.317 e. The molecule has 2 aromatic heterocycles. The minimum absolute atomic E-state index is 0.103. The number of methoxy groups -OCH3 is 1. The van der Waals surface area contributed by atoms with Crippen LogP contribution in [0, 0.1) is 0 Å². The summed E-state index contributed by atoms with van der Waals surface area (Å²) in [7, 11) is 1.69. The van der Waals surface area contributed by atoms with Crippen LogP contribution in [0.15, 0.2) is 18.3 Å². The highest BCUT2D eigenvalue weighted by Crippen LogP contribution is 2.28. The van der Waals surface area contributed by atoms with Gasteiger partial charge in [0.25, 0.3) is 0 Å². The number of likely N-dealkylation sites (tertiary alicyclic amines) is 1. The quantitative estimate of drug-likeness (QED) is 0.895. The second-order valence-corrected chi connectivity index (χ2v) is 7.68. The molecule has 4 rings (SSSR count). The lowest BCUT2D eigenvalue weighted by molar-refractivity contribution is 0.155. The van der Waals surface area contributed by atoms with E-state index in [1.54, 1.807) is 7.11 Å². The van der Waals surface area contributed by atoms with E-state index in [1.807, 2.05) is 23.2 Å². The minimum atomic E-state index is 0.103. The van der Waals surface area contributed by atoms with Gasteiger partial charge in [0.05, 0.1) is 0 Å². The van der Waals surface area contributed by atoms with Gasteiger partial charge >= 0.3 is 6.03 Å². The standard InChI is InChI=1S/C20H29N5O2/c1-27-14-18-23-17-8-5-11-21-19(17)25(18)16-9-12-24(13-10-16)20(26)22-15-6-3-2-4-7-15/h5,8,11,15-16H,2-4,6-7,9-10,12-14H2,1H3,(H,22,26). The van der Waals surface area contributed by atoms with Crippen LogP contribution in [0.5, 0.6) is 0 Å². The maximum atomic E-state index is 12.6. The number of hydrogen-bond acceptors (Lipinski definition) is 4. The first-order valence-electron chi connectivity index (χ1n) is 10.1. The van der Waals surface area contributed by atoms with Crippen LogP contribution in [0.4, 0.5) is 4.79 Å². The Hall–Kier alpha value is -2.15. The molecule has 2 fully saturated rings. The summed E-state index contributed by atoms with van der Waals surface area (Å²) in [6, 6.07) is 4.66. The molecule has 0 spiro atoms. The van der Waals surface area contributed by atoms with Crippen LogP contribution >= 0.6 is 0 Å². The average molecular weight is 371 g/mol. The molecule has 1 N–H and O–H groups in total. The van der Waals surface area contributed by atoms with E-state index >= 15 is 0 Å². The topological polar surface area (TPSA) is 72.3 Å². The molecule has 1 aliphatic carbocycles. The molecule has 3 heterocycles. The highest BCUT2D eigenvalue weighted by Gasteiger charge is 2.28. The number of carbonyl (C=O) groups excluding carboxylic acids is 1. The van der Waals surface area contributed by atoms with Gasteiger partial charge in [-0.1, -0.05) is 19.3 Å². The highest BCUT2D eigenvalue weighted by molar-refractivity contribution is 5.74. The second kappa shape index (κ2) is 8.25. The van der Waals surface area contributed by atoms with Gasteiger partial charge < -0.3 is 19.5 Å². The lowest BCUT2D eigenvalue weighted by atomic mass is 9.95. The van der Waals surface area contributed by atoms with Crippen molar-refractivity contribution in [1.29, 1.82) is 0 Å². The number of rotatable bonds is 4. The van der Waals surface area contributed by atoms with E-state index in [0.717, 1.165) is 55.8 Å². The molecule has 27 heavy (non-hydrogen) atoms. The summed E-state index contributed by atoms with van der Waals surface area (Å²) in [6.45, 7) is 2.00. The smallest absolute Gasteiger partial charge is 0.317 e. The van der Waals surface area contributed by atoms with Crippen molar-refractivity contribution in [2.24, 2.45) is 0 Å². The first-order valence-corrected chi connectivity index (χ1v) is 10.1. The number of aromatic nitrogens is 3. The summed E-state index contributed by atoms with van der Waals surface area (Å²) in [6.07, 6.45) is 9.64. The van der Waals surface area contributed by atoms with Gasteiger partial charge in [-0.05, 0) is 37.8 Å². The molecular formula is C20H29N5O2. The van der Waals surface area contributed by atoms with Crippen molar-refractivity contribution in [2.45, 2.75) is 63.6 Å². The molecule has 7 nitrogen and oxygen atoms in total. The van der Waals surface area contributed by atoms with E-state index in [2.05, 4.69) is 14.9 Å². The molecule has 0 atom stereocenters. The molecule has 0 unspecified atom stereocenters. The summed E-state index contributed by atoms with van der Waals surface area (Å²) in [5, 5.41) is 3.23. The van der Waals surface area contributed by atoms with E-state index in [-0.39, 0.29) is 6.03 Å². The number of ether oxygens (including phenoxy) is 1. The lowest BCUT2D eigenvalue weighted by Crippen LogP contribution is -2.48. The second-order valence-electron chi connectivity index (χ2n) is 7.68. The van der Waals surface area contributed by atoms with E-state index in [4.69, 9.17) is 9.72 Å². The Kier molecular flexibility index (Phi) is 5.57. The first-order chi connectivity index (χ1) is 13.3. The van der Waals surface area contributed by atoms with E-state index in [0.29, 0.717) is 18.7 Å². The number of amides is 2. The third-order valence-electron chi connectivity index (χ3n) is 5.84. The van der Waals surface area contributed by atoms with Crippen LogP contribution in [0.2, 0.25) is 0 Å². The molecule has 1 saturated heterocycles. The number of nitrogens with zero attached hydrogens (tertiary/aromatic N) is 4. The van der Waals surface area contributed by atoms with Crippen LogP contribution < -0.4 is 5.32 Å². The van der Waals surface area contributed by atoms with Gasteiger partial charge in [0.1, 0.15) is 17.9 Å². The summed E-state index contributed by atoms with van der Waals surface area (Å²) in [5.41, 5.74) is 1.82. The summed E-state index contributed by atoms with van der Waals surface area (Å²) < 4.78 is 7.56. The fourth-order valence-corrected chi connectivity index (χ4v) is 4.43. The Labute approximate surface area is 160 Å². The molecule has 7 heteroatoms. The molecule has 2 aliphatic rings. The number of fused-ring (bicyclic) bond motifs is 1. The molecule has 146 valence electrons. The Morgan fingerprint density at radius 1 is 1.22 bits per heavy atom.